The standard InChI is InChI=1S/C23H17N3O3S/c1-14-8-22(27)29-21-10-17(6-7-19(14)21)25-12-16(11-24)23-26-20(13-30-23)15-4-3-5-18(9-15)28-2/h3-10,12-13,25H,1-2H3. The van der Waals surface area contributed by atoms with Gasteiger partial charge in [-0.05, 0) is 36.8 Å². The van der Waals surface area contributed by atoms with Crippen LogP contribution in [0.5, 0.6) is 5.75 Å². The van der Waals surface area contributed by atoms with E-state index in [2.05, 4.69) is 16.4 Å². The van der Waals surface area contributed by atoms with E-state index < -0.39 is 5.63 Å². The molecule has 6 nitrogen and oxygen atoms in total. The van der Waals surface area contributed by atoms with E-state index in [-0.39, 0.29) is 0 Å². The highest BCUT2D eigenvalue weighted by atomic mass is 32.1. The van der Waals surface area contributed by atoms with Gasteiger partial charge in [-0.2, -0.15) is 5.26 Å². The van der Waals surface area contributed by atoms with Gasteiger partial charge in [-0.1, -0.05) is 12.1 Å². The van der Waals surface area contributed by atoms with Gasteiger partial charge in [0.25, 0.3) is 0 Å². The second-order valence-corrected chi connectivity index (χ2v) is 7.40. The predicted molar refractivity (Wildman–Crippen MR) is 119 cm³/mol. The van der Waals surface area contributed by atoms with Crippen molar-refractivity contribution >= 4 is 33.6 Å². The molecule has 0 atom stereocenters. The number of fused-ring (bicyclic) bond motifs is 1. The minimum Gasteiger partial charge on any atom is -0.497 e. The summed E-state index contributed by atoms with van der Waals surface area (Å²) in [4.78, 5) is 16.2. The first-order valence-electron chi connectivity index (χ1n) is 9.09. The van der Waals surface area contributed by atoms with Gasteiger partial charge >= 0.3 is 5.63 Å². The number of hydrogen-bond donors (Lipinski definition) is 1. The molecule has 4 aromatic rings. The lowest BCUT2D eigenvalue weighted by Gasteiger charge is -2.05. The molecule has 0 saturated heterocycles. The Morgan fingerprint density at radius 2 is 2.13 bits per heavy atom. The molecule has 0 spiro atoms. The summed E-state index contributed by atoms with van der Waals surface area (Å²) < 4.78 is 10.5. The van der Waals surface area contributed by atoms with Crippen molar-refractivity contribution in [3.05, 3.63) is 81.1 Å². The molecule has 0 saturated carbocycles. The van der Waals surface area contributed by atoms with E-state index in [0.717, 1.165) is 28.0 Å². The van der Waals surface area contributed by atoms with Crippen LogP contribution in [-0.2, 0) is 0 Å². The number of allylic oxidation sites excluding steroid dienone is 1. The van der Waals surface area contributed by atoms with Crippen LogP contribution in [0.15, 0.2) is 69.3 Å². The summed E-state index contributed by atoms with van der Waals surface area (Å²) >= 11 is 1.39. The van der Waals surface area contributed by atoms with Gasteiger partial charge in [0.15, 0.2) is 0 Å². The number of aryl methyl sites for hydroxylation is 1. The molecule has 0 aliphatic heterocycles. The Hall–Kier alpha value is -3.89. The lowest BCUT2D eigenvalue weighted by molar-refractivity contribution is 0.415. The quantitative estimate of drug-likeness (QED) is 0.356. The van der Waals surface area contributed by atoms with E-state index in [4.69, 9.17) is 9.15 Å². The van der Waals surface area contributed by atoms with Crippen LogP contribution in [0.25, 0.3) is 27.8 Å². The molecule has 7 heteroatoms. The minimum absolute atomic E-state index is 0.390. The molecule has 0 aliphatic rings. The lowest BCUT2D eigenvalue weighted by Crippen LogP contribution is -1.98. The second-order valence-electron chi connectivity index (χ2n) is 6.54. The number of nitrogens with one attached hydrogen (secondary N) is 1. The maximum atomic E-state index is 11.6. The normalized spacial score (nSPS) is 11.3. The van der Waals surface area contributed by atoms with Crippen LogP contribution in [0.3, 0.4) is 0 Å². The SMILES string of the molecule is COc1cccc(-c2csc(C(C#N)=CNc3ccc4c(C)cc(=O)oc4c3)n2)c1. The molecule has 0 unspecified atom stereocenters. The third-order valence-corrected chi connectivity index (χ3v) is 5.43. The Balaban J connectivity index is 1.60. The van der Waals surface area contributed by atoms with Crippen molar-refractivity contribution in [2.45, 2.75) is 6.92 Å². The molecule has 0 aliphatic carbocycles. The van der Waals surface area contributed by atoms with Crippen molar-refractivity contribution in [2.75, 3.05) is 12.4 Å². The number of ether oxygens (including phenoxy) is 1. The van der Waals surface area contributed by atoms with Gasteiger partial charge in [0.05, 0.1) is 12.8 Å². The number of benzene rings is 2. The van der Waals surface area contributed by atoms with Crippen molar-refractivity contribution in [3.8, 4) is 23.1 Å². The van der Waals surface area contributed by atoms with Gasteiger partial charge in [-0.25, -0.2) is 9.78 Å². The fourth-order valence-electron chi connectivity index (χ4n) is 3.02. The first-order chi connectivity index (χ1) is 14.6. The minimum atomic E-state index is -0.390. The molecule has 0 bridgehead atoms. The van der Waals surface area contributed by atoms with Crippen molar-refractivity contribution in [1.29, 1.82) is 5.26 Å². The molecule has 2 heterocycles. The van der Waals surface area contributed by atoms with Crippen molar-refractivity contribution in [2.24, 2.45) is 0 Å². The number of methoxy groups -OCH3 is 1. The van der Waals surface area contributed by atoms with Gasteiger partial charge in [-0.3, -0.25) is 0 Å². The van der Waals surface area contributed by atoms with Crippen molar-refractivity contribution in [3.63, 3.8) is 0 Å². The maximum Gasteiger partial charge on any atom is 0.336 e. The Bertz CT molecular complexity index is 1360. The average Bonchev–Trinajstić information content (AvgIpc) is 3.24. The summed E-state index contributed by atoms with van der Waals surface area (Å²) in [6, 6.07) is 16.7. The fraction of sp³-hybridized carbons (Fsp3) is 0.0870. The summed E-state index contributed by atoms with van der Waals surface area (Å²) in [5.74, 6) is 0.748. The van der Waals surface area contributed by atoms with E-state index in [0.29, 0.717) is 21.9 Å². The Morgan fingerprint density at radius 3 is 2.93 bits per heavy atom. The molecule has 0 radical (unpaired) electrons. The van der Waals surface area contributed by atoms with Crippen LogP contribution in [0, 0.1) is 18.3 Å². The highest BCUT2D eigenvalue weighted by molar-refractivity contribution is 7.11. The molecular formula is C23H17N3O3S. The Morgan fingerprint density at radius 1 is 1.27 bits per heavy atom. The highest BCUT2D eigenvalue weighted by Crippen LogP contribution is 2.28. The van der Waals surface area contributed by atoms with E-state index in [1.165, 1.54) is 17.4 Å². The molecule has 0 amide bonds. The van der Waals surface area contributed by atoms with Gasteiger partial charge < -0.3 is 14.5 Å². The van der Waals surface area contributed by atoms with E-state index >= 15 is 0 Å². The van der Waals surface area contributed by atoms with Crippen LogP contribution < -0.4 is 15.7 Å². The zero-order valence-electron chi connectivity index (χ0n) is 16.3. The largest absolute Gasteiger partial charge is 0.497 e. The third-order valence-electron chi connectivity index (χ3n) is 4.56. The zero-order valence-corrected chi connectivity index (χ0v) is 17.1. The smallest absolute Gasteiger partial charge is 0.336 e. The number of thiazole rings is 1. The molecule has 2 aromatic carbocycles. The highest BCUT2D eigenvalue weighted by Gasteiger charge is 2.10. The van der Waals surface area contributed by atoms with Crippen molar-refractivity contribution in [1.82, 2.24) is 4.98 Å². The summed E-state index contributed by atoms with van der Waals surface area (Å²) in [5, 5.41) is 16.1. The molecule has 2 aromatic heterocycles. The van der Waals surface area contributed by atoms with Crippen LogP contribution in [0.4, 0.5) is 5.69 Å². The molecule has 1 N–H and O–H groups in total. The van der Waals surface area contributed by atoms with Crippen LogP contribution >= 0.6 is 11.3 Å². The molecular weight excluding hydrogens is 398 g/mol. The van der Waals surface area contributed by atoms with Gasteiger partial charge in [0.2, 0.25) is 0 Å². The van der Waals surface area contributed by atoms with E-state index in [1.807, 2.05) is 48.7 Å². The Labute approximate surface area is 176 Å². The predicted octanol–water partition coefficient (Wildman–Crippen LogP) is 5.21. The van der Waals surface area contributed by atoms with Crippen LogP contribution in [0.1, 0.15) is 10.6 Å². The summed E-state index contributed by atoms with van der Waals surface area (Å²) in [5.41, 5.74) is 3.76. The number of aromatic nitrogens is 1. The van der Waals surface area contributed by atoms with Crippen molar-refractivity contribution < 1.29 is 9.15 Å². The second kappa shape index (κ2) is 8.23. The molecule has 4 rings (SSSR count). The number of nitrogens with zero attached hydrogens (tertiary/aromatic N) is 2. The maximum absolute atomic E-state index is 11.6. The Kier molecular flexibility index (Phi) is 5.33. The number of hydrogen-bond acceptors (Lipinski definition) is 7. The molecule has 30 heavy (non-hydrogen) atoms. The number of nitriles is 1. The average molecular weight is 415 g/mol. The zero-order chi connectivity index (χ0) is 21.1. The number of anilines is 1. The lowest BCUT2D eigenvalue weighted by atomic mass is 10.1. The molecule has 0 fully saturated rings. The topological polar surface area (TPSA) is 88.1 Å². The summed E-state index contributed by atoms with van der Waals surface area (Å²) in [6.45, 7) is 1.86. The van der Waals surface area contributed by atoms with Crippen LogP contribution in [0.2, 0.25) is 0 Å². The monoisotopic (exact) mass is 415 g/mol. The van der Waals surface area contributed by atoms with E-state index in [1.54, 1.807) is 19.4 Å². The van der Waals surface area contributed by atoms with Crippen LogP contribution in [-0.4, -0.2) is 12.1 Å². The third kappa shape index (κ3) is 3.95. The number of rotatable bonds is 5. The fourth-order valence-corrected chi connectivity index (χ4v) is 3.82. The summed E-state index contributed by atoms with van der Waals surface area (Å²) in [7, 11) is 1.62. The first kappa shape index (κ1) is 19.4. The first-order valence-corrected chi connectivity index (χ1v) is 9.97. The van der Waals surface area contributed by atoms with Gasteiger partial charge in [0, 0.05) is 40.3 Å². The summed E-state index contributed by atoms with van der Waals surface area (Å²) in [6.07, 6.45) is 1.60. The van der Waals surface area contributed by atoms with E-state index in [9.17, 15) is 10.1 Å². The van der Waals surface area contributed by atoms with Gasteiger partial charge in [-0.15, -0.1) is 11.3 Å². The molecule has 148 valence electrons. The van der Waals surface area contributed by atoms with Gasteiger partial charge in [0.1, 0.15) is 28.0 Å².